The second-order valence-corrected chi connectivity index (χ2v) is 6.63. The van der Waals surface area contributed by atoms with Crippen molar-refractivity contribution in [2.45, 2.75) is 32.2 Å². The molecular weight excluding hydrogens is 330 g/mol. The number of cyclic esters (lactones) is 1. The third-order valence-electron chi connectivity index (χ3n) is 4.69. The zero-order valence-electron chi connectivity index (χ0n) is 15.3. The first-order valence-electron chi connectivity index (χ1n) is 8.69. The topological polar surface area (TPSA) is 55.8 Å². The number of amides is 2. The van der Waals surface area contributed by atoms with Crippen LogP contribution < -0.4 is 4.74 Å². The number of benzene rings is 2. The first-order chi connectivity index (χ1) is 12.5. The van der Waals surface area contributed by atoms with Gasteiger partial charge in [0.25, 0.3) is 0 Å². The number of hydrogen-bond donors (Lipinski definition) is 0. The molecule has 0 saturated carbocycles. The molecule has 136 valence electrons. The summed E-state index contributed by atoms with van der Waals surface area (Å²) in [7, 11) is 1.60. The van der Waals surface area contributed by atoms with Crippen LogP contribution in [-0.2, 0) is 16.0 Å². The molecule has 1 aliphatic rings. The van der Waals surface area contributed by atoms with Crippen molar-refractivity contribution < 1.29 is 19.1 Å². The fourth-order valence-electron chi connectivity index (χ4n) is 3.26. The molecule has 0 bridgehead atoms. The molecule has 2 aromatic carbocycles. The number of methoxy groups -OCH3 is 1. The van der Waals surface area contributed by atoms with E-state index in [0.29, 0.717) is 12.2 Å². The van der Waals surface area contributed by atoms with E-state index in [4.69, 9.17) is 9.47 Å². The summed E-state index contributed by atoms with van der Waals surface area (Å²) < 4.78 is 10.5. The van der Waals surface area contributed by atoms with Gasteiger partial charge >= 0.3 is 6.09 Å². The van der Waals surface area contributed by atoms with E-state index in [9.17, 15) is 9.59 Å². The zero-order chi connectivity index (χ0) is 18.7. The Labute approximate surface area is 153 Å². The third kappa shape index (κ3) is 3.72. The van der Waals surface area contributed by atoms with Crippen molar-refractivity contribution in [3.63, 3.8) is 0 Å². The maximum absolute atomic E-state index is 13.1. The van der Waals surface area contributed by atoms with E-state index in [-0.39, 0.29) is 18.6 Å². The molecule has 0 spiro atoms. The van der Waals surface area contributed by atoms with E-state index in [2.05, 4.69) is 0 Å². The molecule has 1 unspecified atom stereocenters. The maximum atomic E-state index is 13.1. The highest BCUT2D eigenvalue weighted by Gasteiger charge is 2.40. The first-order valence-corrected chi connectivity index (χ1v) is 8.69. The fraction of sp³-hybridized carbons (Fsp3) is 0.333. The summed E-state index contributed by atoms with van der Waals surface area (Å²) in [5.41, 5.74) is 2.90. The van der Waals surface area contributed by atoms with E-state index in [1.165, 1.54) is 4.90 Å². The van der Waals surface area contributed by atoms with Gasteiger partial charge in [-0.25, -0.2) is 9.69 Å². The van der Waals surface area contributed by atoms with Crippen LogP contribution in [0.4, 0.5) is 4.79 Å². The Hall–Kier alpha value is -2.82. The molecule has 2 atom stereocenters. The van der Waals surface area contributed by atoms with Crippen molar-refractivity contribution in [2.75, 3.05) is 13.7 Å². The SMILES string of the molecule is COc1cc(C)cc(C(C)C(=O)N2C(=O)OC[C@H]2Cc2ccccc2)c1. The maximum Gasteiger partial charge on any atom is 0.417 e. The quantitative estimate of drug-likeness (QED) is 0.822. The number of imide groups is 1. The van der Waals surface area contributed by atoms with Crippen molar-refractivity contribution in [1.29, 1.82) is 0 Å². The number of carbonyl (C=O) groups excluding carboxylic acids is 2. The Bertz CT molecular complexity index is 803. The van der Waals surface area contributed by atoms with Crippen LogP contribution in [0.3, 0.4) is 0 Å². The number of ether oxygens (including phenoxy) is 2. The van der Waals surface area contributed by atoms with Crippen LogP contribution >= 0.6 is 0 Å². The lowest BCUT2D eigenvalue weighted by atomic mass is 9.96. The first kappa shape index (κ1) is 18.0. The number of aryl methyl sites for hydroxylation is 1. The largest absolute Gasteiger partial charge is 0.497 e. The van der Waals surface area contributed by atoms with Crippen LogP contribution in [0, 0.1) is 6.92 Å². The van der Waals surface area contributed by atoms with Crippen LogP contribution in [0.15, 0.2) is 48.5 Å². The molecule has 1 saturated heterocycles. The highest BCUT2D eigenvalue weighted by molar-refractivity contribution is 5.97. The molecule has 3 rings (SSSR count). The van der Waals surface area contributed by atoms with Gasteiger partial charge in [-0.05, 0) is 49.1 Å². The predicted molar refractivity (Wildman–Crippen MR) is 98.3 cm³/mol. The summed E-state index contributed by atoms with van der Waals surface area (Å²) in [5, 5.41) is 0. The number of rotatable bonds is 5. The van der Waals surface area contributed by atoms with Crippen LogP contribution in [0.2, 0.25) is 0 Å². The molecule has 0 aromatic heterocycles. The molecule has 1 fully saturated rings. The molecule has 2 aromatic rings. The number of carbonyl (C=O) groups is 2. The number of hydrogen-bond acceptors (Lipinski definition) is 4. The van der Waals surface area contributed by atoms with Gasteiger partial charge < -0.3 is 9.47 Å². The second-order valence-electron chi connectivity index (χ2n) is 6.63. The minimum atomic E-state index is -0.567. The normalized spacial score (nSPS) is 17.7. The highest BCUT2D eigenvalue weighted by atomic mass is 16.6. The van der Waals surface area contributed by atoms with E-state index < -0.39 is 12.0 Å². The minimum Gasteiger partial charge on any atom is -0.497 e. The van der Waals surface area contributed by atoms with Crippen molar-refractivity contribution in [2.24, 2.45) is 0 Å². The zero-order valence-corrected chi connectivity index (χ0v) is 15.3. The lowest BCUT2D eigenvalue weighted by molar-refractivity contribution is -0.130. The van der Waals surface area contributed by atoms with Crippen LogP contribution in [0.25, 0.3) is 0 Å². The molecule has 5 nitrogen and oxygen atoms in total. The summed E-state index contributed by atoms with van der Waals surface area (Å²) in [4.78, 5) is 26.5. The molecule has 0 aliphatic carbocycles. The van der Waals surface area contributed by atoms with Gasteiger partial charge in [0.05, 0.1) is 19.1 Å². The van der Waals surface area contributed by atoms with Gasteiger partial charge in [0.15, 0.2) is 0 Å². The number of nitrogens with zero attached hydrogens (tertiary/aromatic N) is 1. The Morgan fingerprint density at radius 1 is 1.27 bits per heavy atom. The van der Waals surface area contributed by atoms with Crippen LogP contribution in [0.5, 0.6) is 5.75 Å². The van der Waals surface area contributed by atoms with Crippen molar-refractivity contribution in [3.05, 3.63) is 65.2 Å². The molecule has 2 amide bonds. The Morgan fingerprint density at radius 3 is 2.69 bits per heavy atom. The summed E-state index contributed by atoms with van der Waals surface area (Å²) in [6.07, 6.45) is 0.0183. The van der Waals surface area contributed by atoms with Gasteiger partial charge in [0.2, 0.25) is 5.91 Å². The molecule has 1 heterocycles. The Morgan fingerprint density at radius 2 is 2.00 bits per heavy atom. The predicted octanol–water partition coefficient (Wildman–Crippen LogP) is 3.70. The lowest BCUT2D eigenvalue weighted by Crippen LogP contribution is -2.42. The van der Waals surface area contributed by atoms with Gasteiger partial charge in [-0.2, -0.15) is 0 Å². The van der Waals surface area contributed by atoms with Gasteiger partial charge in [-0.1, -0.05) is 36.4 Å². The van der Waals surface area contributed by atoms with E-state index in [1.807, 2.05) is 62.4 Å². The molecule has 5 heteroatoms. The van der Waals surface area contributed by atoms with Gasteiger partial charge in [-0.3, -0.25) is 4.79 Å². The van der Waals surface area contributed by atoms with Gasteiger partial charge in [0, 0.05) is 0 Å². The van der Waals surface area contributed by atoms with E-state index in [0.717, 1.165) is 16.7 Å². The molecule has 0 N–H and O–H groups in total. The van der Waals surface area contributed by atoms with E-state index >= 15 is 0 Å². The van der Waals surface area contributed by atoms with Crippen LogP contribution in [0.1, 0.15) is 29.5 Å². The van der Waals surface area contributed by atoms with Crippen molar-refractivity contribution in [1.82, 2.24) is 4.90 Å². The summed E-state index contributed by atoms with van der Waals surface area (Å²) in [6, 6.07) is 15.2. The Kier molecular flexibility index (Phi) is 5.26. The summed E-state index contributed by atoms with van der Waals surface area (Å²) in [6.45, 7) is 3.98. The van der Waals surface area contributed by atoms with E-state index in [1.54, 1.807) is 7.11 Å². The van der Waals surface area contributed by atoms with Gasteiger partial charge in [-0.15, -0.1) is 0 Å². The van der Waals surface area contributed by atoms with Crippen molar-refractivity contribution >= 4 is 12.0 Å². The van der Waals surface area contributed by atoms with Crippen molar-refractivity contribution in [3.8, 4) is 5.75 Å². The molecule has 26 heavy (non-hydrogen) atoms. The highest BCUT2D eigenvalue weighted by Crippen LogP contribution is 2.27. The standard InChI is InChI=1S/C21H23NO4/c1-14-9-17(12-19(10-14)25-3)15(2)20(23)22-18(13-26-21(22)24)11-16-7-5-4-6-8-16/h4-10,12,15,18H,11,13H2,1-3H3/t15?,18-/m1/s1. The fourth-order valence-corrected chi connectivity index (χ4v) is 3.26. The lowest BCUT2D eigenvalue weighted by Gasteiger charge is -2.23. The third-order valence-corrected chi connectivity index (χ3v) is 4.69. The average Bonchev–Trinajstić information content (AvgIpc) is 3.01. The smallest absolute Gasteiger partial charge is 0.417 e. The molecule has 0 radical (unpaired) electrons. The summed E-state index contributed by atoms with van der Waals surface area (Å²) >= 11 is 0. The van der Waals surface area contributed by atoms with Gasteiger partial charge in [0.1, 0.15) is 12.4 Å². The minimum absolute atomic E-state index is 0.226. The molecule has 1 aliphatic heterocycles. The van der Waals surface area contributed by atoms with Crippen LogP contribution in [-0.4, -0.2) is 36.7 Å². The monoisotopic (exact) mass is 353 g/mol. The average molecular weight is 353 g/mol. The summed E-state index contributed by atoms with van der Waals surface area (Å²) in [5.74, 6) is -0.0155. The second kappa shape index (κ2) is 7.60. The molecular formula is C21H23NO4. The Balaban J connectivity index is 1.82.